The molecule has 0 aliphatic heterocycles. The van der Waals surface area contributed by atoms with E-state index in [9.17, 15) is 14.4 Å². The Labute approximate surface area is 226 Å². The van der Waals surface area contributed by atoms with Gasteiger partial charge in [-0.3, -0.25) is 19.1 Å². The number of carbonyl (C=O) groups excluding carboxylic acids is 2. The fraction of sp³-hybridized carbons (Fsp3) is 0.241. The van der Waals surface area contributed by atoms with Crippen molar-refractivity contribution in [2.75, 3.05) is 13.7 Å². The van der Waals surface area contributed by atoms with Gasteiger partial charge in [0.25, 0.3) is 11.5 Å². The number of rotatable bonds is 12. The summed E-state index contributed by atoms with van der Waals surface area (Å²) in [5.74, 6) is -0.387. The van der Waals surface area contributed by atoms with E-state index in [1.54, 1.807) is 45.9 Å². The average molecular weight is 530 g/mol. The van der Waals surface area contributed by atoms with E-state index in [-0.39, 0.29) is 24.6 Å². The van der Waals surface area contributed by atoms with Gasteiger partial charge in [-0.05, 0) is 47.9 Å². The number of nitrogens with zero attached hydrogens (tertiary/aromatic N) is 3. The van der Waals surface area contributed by atoms with Crippen LogP contribution in [-0.4, -0.2) is 39.9 Å². The number of primary amides is 1. The van der Waals surface area contributed by atoms with Gasteiger partial charge in [-0.15, -0.1) is 0 Å². The highest BCUT2D eigenvalue weighted by Crippen LogP contribution is 2.18. The Morgan fingerprint density at radius 1 is 1.00 bits per heavy atom. The Hall–Kier alpha value is -4.70. The van der Waals surface area contributed by atoms with Gasteiger partial charge in [-0.25, -0.2) is 0 Å². The minimum Gasteiger partial charge on any atom is -0.497 e. The molecular weight excluding hydrogens is 498 g/mol. The molecule has 0 saturated heterocycles. The third-order valence-corrected chi connectivity index (χ3v) is 6.16. The second-order valence-corrected chi connectivity index (χ2v) is 8.88. The molecule has 3 N–H and O–H groups in total. The fourth-order valence-electron chi connectivity index (χ4n) is 4.12. The molecule has 202 valence electrons. The second kappa shape index (κ2) is 12.7. The molecule has 2 aromatic heterocycles. The Morgan fingerprint density at radius 2 is 1.74 bits per heavy atom. The number of hydrogen-bond donors (Lipinski definition) is 2. The van der Waals surface area contributed by atoms with Gasteiger partial charge < -0.3 is 25.1 Å². The zero-order valence-electron chi connectivity index (χ0n) is 21.9. The van der Waals surface area contributed by atoms with Gasteiger partial charge in [-0.2, -0.15) is 5.10 Å². The highest BCUT2D eigenvalue weighted by molar-refractivity contribution is 5.96. The van der Waals surface area contributed by atoms with E-state index in [0.717, 1.165) is 11.1 Å². The van der Waals surface area contributed by atoms with Gasteiger partial charge in [0.1, 0.15) is 11.4 Å². The van der Waals surface area contributed by atoms with E-state index < -0.39 is 5.91 Å². The van der Waals surface area contributed by atoms with Crippen molar-refractivity contribution in [2.24, 2.45) is 5.73 Å². The van der Waals surface area contributed by atoms with Crippen LogP contribution in [0.25, 0.3) is 0 Å². The number of aromatic nitrogens is 3. The van der Waals surface area contributed by atoms with Crippen molar-refractivity contribution in [1.29, 1.82) is 0 Å². The third kappa shape index (κ3) is 6.99. The maximum Gasteiger partial charge on any atom is 0.255 e. The molecule has 0 bridgehead atoms. The van der Waals surface area contributed by atoms with Crippen molar-refractivity contribution < 1.29 is 19.1 Å². The summed E-state index contributed by atoms with van der Waals surface area (Å²) in [6.07, 6.45) is 3.44. The molecule has 0 radical (unpaired) electrons. The van der Waals surface area contributed by atoms with E-state index in [2.05, 4.69) is 10.4 Å². The van der Waals surface area contributed by atoms with Gasteiger partial charge in [0.15, 0.2) is 0 Å². The van der Waals surface area contributed by atoms with Gasteiger partial charge in [0, 0.05) is 37.2 Å². The van der Waals surface area contributed by atoms with Crippen molar-refractivity contribution >= 4 is 11.8 Å². The molecule has 0 spiro atoms. The van der Waals surface area contributed by atoms with Crippen LogP contribution in [0, 0.1) is 0 Å². The maximum atomic E-state index is 13.2. The monoisotopic (exact) mass is 529 g/mol. The lowest BCUT2D eigenvalue weighted by atomic mass is 10.1. The summed E-state index contributed by atoms with van der Waals surface area (Å²) in [4.78, 5) is 37.0. The molecule has 39 heavy (non-hydrogen) atoms. The molecule has 0 saturated carbocycles. The third-order valence-electron chi connectivity index (χ3n) is 6.16. The molecule has 0 aliphatic rings. The molecule has 2 aromatic carbocycles. The Morgan fingerprint density at radius 3 is 2.41 bits per heavy atom. The van der Waals surface area contributed by atoms with Crippen LogP contribution in [0.5, 0.6) is 5.75 Å². The first kappa shape index (κ1) is 27.3. The SMILES string of the molecule is CCOCc1nn(Cc2ccc(Cn3ccccc3=O)cc2)cc1C(=O)NCc1cc(OC)ccc1C(N)=O. The molecule has 0 unspecified atom stereocenters. The number of nitrogens with two attached hydrogens (primary N) is 1. The maximum absolute atomic E-state index is 13.2. The zero-order chi connectivity index (χ0) is 27.8. The highest BCUT2D eigenvalue weighted by Gasteiger charge is 2.18. The van der Waals surface area contributed by atoms with Crippen molar-refractivity contribution in [1.82, 2.24) is 19.7 Å². The van der Waals surface area contributed by atoms with Crippen LogP contribution < -0.4 is 21.3 Å². The first-order valence-corrected chi connectivity index (χ1v) is 12.5. The van der Waals surface area contributed by atoms with Gasteiger partial charge in [0.05, 0.1) is 32.4 Å². The minimum absolute atomic E-state index is 0.0528. The summed E-state index contributed by atoms with van der Waals surface area (Å²) in [7, 11) is 1.52. The summed E-state index contributed by atoms with van der Waals surface area (Å²) in [5.41, 5.74) is 9.17. The molecule has 10 nitrogen and oxygen atoms in total. The smallest absolute Gasteiger partial charge is 0.255 e. The predicted molar refractivity (Wildman–Crippen MR) is 146 cm³/mol. The summed E-state index contributed by atoms with van der Waals surface area (Å²) in [6, 6.07) is 17.9. The standard InChI is InChI=1S/C29H31N5O5/c1-3-39-19-26-25(29(37)31-15-22-14-23(38-2)11-12-24(22)28(30)36)18-34(32-26)17-21-9-7-20(8-10-21)16-33-13-5-4-6-27(33)35/h4-14,18H,3,15-17,19H2,1-2H3,(H2,30,36)(H,31,37). The summed E-state index contributed by atoms with van der Waals surface area (Å²) < 4.78 is 14.1. The molecule has 2 heterocycles. The average Bonchev–Trinajstić information content (AvgIpc) is 3.35. The Kier molecular flexibility index (Phi) is 8.90. The first-order valence-electron chi connectivity index (χ1n) is 12.5. The molecule has 0 fully saturated rings. The summed E-state index contributed by atoms with van der Waals surface area (Å²) >= 11 is 0. The number of pyridine rings is 1. The van der Waals surface area contributed by atoms with Gasteiger partial charge in [-0.1, -0.05) is 30.3 Å². The zero-order valence-corrected chi connectivity index (χ0v) is 21.9. The van der Waals surface area contributed by atoms with Gasteiger partial charge >= 0.3 is 0 Å². The van der Waals surface area contributed by atoms with Crippen LogP contribution in [0.15, 0.2) is 77.9 Å². The van der Waals surface area contributed by atoms with E-state index in [0.29, 0.717) is 47.8 Å². The van der Waals surface area contributed by atoms with E-state index in [4.69, 9.17) is 15.2 Å². The number of benzene rings is 2. The van der Waals surface area contributed by atoms with Crippen molar-refractivity contribution in [3.63, 3.8) is 0 Å². The van der Waals surface area contributed by atoms with E-state index in [1.807, 2.05) is 37.3 Å². The second-order valence-electron chi connectivity index (χ2n) is 8.88. The Bertz CT molecular complexity index is 1510. The quantitative estimate of drug-likeness (QED) is 0.290. The summed E-state index contributed by atoms with van der Waals surface area (Å²) in [5, 5.41) is 7.44. The number of carbonyl (C=O) groups is 2. The molecule has 2 amide bonds. The van der Waals surface area contributed by atoms with Crippen molar-refractivity contribution in [3.05, 3.63) is 117 Å². The minimum atomic E-state index is -0.589. The fourth-order valence-corrected chi connectivity index (χ4v) is 4.12. The van der Waals surface area contributed by atoms with Crippen molar-refractivity contribution in [2.45, 2.75) is 33.2 Å². The normalized spacial score (nSPS) is 10.8. The Balaban J connectivity index is 1.48. The molecule has 0 atom stereocenters. The highest BCUT2D eigenvalue weighted by atomic mass is 16.5. The van der Waals surface area contributed by atoms with Gasteiger partial charge in [0.2, 0.25) is 5.91 Å². The number of amides is 2. The first-order chi connectivity index (χ1) is 18.9. The molecular formula is C29H31N5O5. The predicted octanol–water partition coefficient (Wildman–Crippen LogP) is 2.72. The van der Waals surface area contributed by atoms with Crippen LogP contribution in [0.3, 0.4) is 0 Å². The topological polar surface area (TPSA) is 130 Å². The number of nitrogens with one attached hydrogen (secondary N) is 1. The largest absolute Gasteiger partial charge is 0.497 e. The lowest BCUT2D eigenvalue weighted by Gasteiger charge is -2.10. The number of ether oxygens (including phenoxy) is 2. The van der Waals surface area contributed by atoms with Crippen LogP contribution in [-0.2, 0) is 31.0 Å². The van der Waals surface area contributed by atoms with Crippen LogP contribution in [0.2, 0.25) is 0 Å². The lowest BCUT2D eigenvalue weighted by molar-refractivity contribution is 0.0936. The van der Waals surface area contributed by atoms with E-state index in [1.165, 1.54) is 13.2 Å². The number of methoxy groups -OCH3 is 1. The van der Waals surface area contributed by atoms with Crippen LogP contribution in [0.1, 0.15) is 50.0 Å². The molecule has 4 rings (SSSR count). The molecule has 10 heteroatoms. The molecule has 0 aliphatic carbocycles. The van der Waals surface area contributed by atoms with E-state index >= 15 is 0 Å². The van der Waals surface area contributed by atoms with Crippen molar-refractivity contribution in [3.8, 4) is 5.75 Å². The molecule has 4 aromatic rings. The summed E-state index contributed by atoms with van der Waals surface area (Å²) in [6.45, 7) is 3.54. The van der Waals surface area contributed by atoms with Crippen LogP contribution >= 0.6 is 0 Å². The lowest BCUT2D eigenvalue weighted by Crippen LogP contribution is -2.25. The number of hydrogen-bond acceptors (Lipinski definition) is 6. The van der Waals surface area contributed by atoms with Crippen LogP contribution in [0.4, 0.5) is 0 Å².